The molecule has 2 aromatic rings. The van der Waals surface area contributed by atoms with Crippen molar-refractivity contribution >= 4 is 39.6 Å². The molecule has 2 aromatic carbocycles. The van der Waals surface area contributed by atoms with E-state index in [2.05, 4.69) is 20.9 Å². The van der Waals surface area contributed by atoms with Crippen molar-refractivity contribution in [1.82, 2.24) is 0 Å². The number of rotatable bonds is 3. The molecular weight excluding hydrogens is 364 g/mol. The minimum absolute atomic E-state index is 0.0144. The van der Waals surface area contributed by atoms with Crippen LogP contribution in [-0.2, 0) is 9.53 Å². The fourth-order valence-electron chi connectivity index (χ4n) is 2.00. The molecule has 0 fully saturated rings. The van der Waals surface area contributed by atoms with E-state index in [0.29, 0.717) is 11.1 Å². The third-order valence-corrected chi connectivity index (χ3v) is 3.59. The number of nitrogens with zero attached hydrogens (tertiary/aromatic N) is 2. The Morgan fingerprint density at radius 2 is 1.91 bits per heavy atom. The number of hydrogen-bond donors (Lipinski definition) is 0. The first-order valence-corrected chi connectivity index (χ1v) is 7.35. The summed E-state index contributed by atoms with van der Waals surface area (Å²) in [6.07, 6.45) is 1.52. The average Bonchev–Trinajstić information content (AvgIpc) is 2.89. The SMILES string of the molecule is O=C1OC(c2cccc(Br)c2)=N/C1=C\c1ccc([N+](=O)[O-])cc1. The van der Waals surface area contributed by atoms with Crippen molar-refractivity contribution in [1.29, 1.82) is 0 Å². The summed E-state index contributed by atoms with van der Waals surface area (Å²) in [6.45, 7) is 0. The number of nitro groups is 1. The van der Waals surface area contributed by atoms with E-state index >= 15 is 0 Å². The summed E-state index contributed by atoms with van der Waals surface area (Å²) >= 11 is 3.35. The quantitative estimate of drug-likeness (QED) is 0.356. The van der Waals surface area contributed by atoms with E-state index in [1.165, 1.54) is 18.2 Å². The van der Waals surface area contributed by atoms with Crippen LogP contribution < -0.4 is 0 Å². The van der Waals surface area contributed by atoms with Gasteiger partial charge in [-0.25, -0.2) is 9.79 Å². The minimum atomic E-state index is -0.557. The Morgan fingerprint density at radius 3 is 2.57 bits per heavy atom. The van der Waals surface area contributed by atoms with Crippen LogP contribution in [0.4, 0.5) is 5.69 Å². The highest BCUT2D eigenvalue weighted by Gasteiger charge is 2.24. The first kappa shape index (κ1) is 15.1. The summed E-state index contributed by atoms with van der Waals surface area (Å²) in [5, 5.41) is 10.6. The number of carbonyl (C=O) groups excluding carboxylic acids is 1. The molecule has 0 N–H and O–H groups in total. The Bertz CT molecular complexity index is 857. The molecule has 0 aliphatic carbocycles. The molecule has 1 aliphatic heterocycles. The van der Waals surface area contributed by atoms with Gasteiger partial charge in [0, 0.05) is 22.2 Å². The number of benzene rings is 2. The van der Waals surface area contributed by atoms with Gasteiger partial charge in [-0.05, 0) is 42.0 Å². The van der Waals surface area contributed by atoms with Gasteiger partial charge in [0.2, 0.25) is 5.90 Å². The van der Waals surface area contributed by atoms with Gasteiger partial charge in [0.15, 0.2) is 5.70 Å². The van der Waals surface area contributed by atoms with Gasteiger partial charge in [-0.2, -0.15) is 0 Å². The zero-order valence-corrected chi connectivity index (χ0v) is 13.2. The Hall–Kier alpha value is -2.80. The minimum Gasteiger partial charge on any atom is -0.402 e. The summed E-state index contributed by atoms with van der Waals surface area (Å²) in [4.78, 5) is 26.2. The summed E-state index contributed by atoms with van der Waals surface area (Å²) < 4.78 is 6.01. The molecule has 1 aliphatic rings. The number of esters is 1. The maximum Gasteiger partial charge on any atom is 0.363 e. The third kappa shape index (κ3) is 3.35. The third-order valence-electron chi connectivity index (χ3n) is 3.10. The zero-order chi connectivity index (χ0) is 16.4. The fraction of sp³-hybridized carbons (Fsp3) is 0. The second kappa shape index (κ2) is 6.13. The van der Waals surface area contributed by atoms with E-state index in [9.17, 15) is 14.9 Å². The summed E-state index contributed by atoms with van der Waals surface area (Å²) in [6, 6.07) is 13.1. The molecule has 23 heavy (non-hydrogen) atoms. The molecular formula is C16H9BrN2O4. The van der Waals surface area contributed by atoms with E-state index in [1.807, 2.05) is 12.1 Å². The van der Waals surface area contributed by atoms with Gasteiger partial charge in [0.1, 0.15) is 0 Å². The lowest BCUT2D eigenvalue weighted by Crippen LogP contribution is -2.05. The van der Waals surface area contributed by atoms with Crippen LogP contribution in [0.3, 0.4) is 0 Å². The van der Waals surface area contributed by atoms with Crippen LogP contribution in [0.5, 0.6) is 0 Å². The van der Waals surface area contributed by atoms with Gasteiger partial charge in [-0.1, -0.05) is 22.0 Å². The van der Waals surface area contributed by atoms with Crippen LogP contribution in [0.25, 0.3) is 6.08 Å². The van der Waals surface area contributed by atoms with Gasteiger partial charge in [-0.15, -0.1) is 0 Å². The van der Waals surface area contributed by atoms with Crippen molar-refractivity contribution in [2.24, 2.45) is 4.99 Å². The van der Waals surface area contributed by atoms with E-state index in [1.54, 1.807) is 24.3 Å². The van der Waals surface area contributed by atoms with Crippen LogP contribution in [0.2, 0.25) is 0 Å². The highest BCUT2D eigenvalue weighted by atomic mass is 79.9. The second-order valence-electron chi connectivity index (χ2n) is 4.70. The molecule has 0 amide bonds. The number of nitro benzene ring substituents is 1. The normalized spacial score (nSPS) is 15.4. The smallest absolute Gasteiger partial charge is 0.363 e. The highest BCUT2D eigenvalue weighted by Crippen LogP contribution is 2.22. The molecule has 0 spiro atoms. The van der Waals surface area contributed by atoms with Gasteiger partial charge in [0.25, 0.3) is 5.69 Å². The Labute approximate surface area is 139 Å². The largest absolute Gasteiger partial charge is 0.402 e. The Kier molecular flexibility index (Phi) is 4.03. The van der Waals surface area contributed by atoms with Crippen LogP contribution >= 0.6 is 15.9 Å². The lowest BCUT2D eigenvalue weighted by molar-refractivity contribution is -0.384. The molecule has 0 bridgehead atoms. The van der Waals surface area contributed by atoms with E-state index in [-0.39, 0.29) is 17.3 Å². The average molecular weight is 373 g/mol. The van der Waals surface area contributed by atoms with E-state index in [0.717, 1.165) is 4.47 Å². The van der Waals surface area contributed by atoms with E-state index < -0.39 is 10.9 Å². The number of cyclic esters (lactones) is 1. The number of ether oxygens (including phenoxy) is 1. The predicted molar refractivity (Wildman–Crippen MR) is 87.8 cm³/mol. The second-order valence-corrected chi connectivity index (χ2v) is 5.61. The number of non-ortho nitro benzene ring substituents is 1. The molecule has 0 atom stereocenters. The summed E-state index contributed by atoms with van der Waals surface area (Å²) in [5.74, 6) is -0.331. The molecule has 7 heteroatoms. The molecule has 114 valence electrons. The topological polar surface area (TPSA) is 81.8 Å². The van der Waals surface area contributed by atoms with E-state index in [4.69, 9.17) is 4.74 Å². The van der Waals surface area contributed by atoms with Gasteiger partial charge in [-0.3, -0.25) is 10.1 Å². The monoisotopic (exact) mass is 372 g/mol. The van der Waals surface area contributed by atoms with Crippen molar-refractivity contribution < 1.29 is 14.5 Å². The maximum absolute atomic E-state index is 11.9. The van der Waals surface area contributed by atoms with Crippen molar-refractivity contribution in [3.63, 3.8) is 0 Å². The van der Waals surface area contributed by atoms with Crippen molar-refractivity contribution in [3.8, 4) is 0 Å². The fourth-order valence-corrected chi connectivity index (χ4v) is 2.40. The standard InChI is InChI=1S/C16H9BrN2O4/c17-12-3-1-2-11(9-12)15-18-14(16(20)23-15)8-10-4-6-13(7-5-10)19(21)22/h1-9H/b14-8-. The predicted octanol–water partition coefficient (Wildman–Crippen LogP) is 3.70. The maximum atomic E-state index is 11.9. The van der Waals surface area contributed by atoms with Gasteiger partial charge >= 0.3 is 5.97 Å². The lowest BCUT2D eigenvalue weighted by Gasteiger charge is -1.99. The number of hydrogen-bond acceptors (Lipinski definition) is 5. The molecule has 6 nitrogen and oxygen atoms in total. The van der Waals surface area contributed by atoms with Gasteiger partial charge < -0.3 is 4.74 Å². The lowest BCUT2D eigenvalue weighted by atomic mass is 10.2. The molecule has 0 saturated heterocycles. The number of halogens is 1. The molecule has 3 rings (SSSR count). The van der Waals surface area contributed by atoms with Gasteiger partial charge in [0.05, 0.1) is 4.92 Å². The highest BCUT2D eigenvalue weighted by molar-refractivity contribution is 9.10. The molecule has 0 unspecified atom stereocenters. The van der Waals surface area contributed by atoms with Crippen LogP contribution in [0.1, 0.15) is 11.1 Å². The van der Waals surface area contributed by atoms with Crippen molar-refractivity contribution in [2.75, 3.05) is 0 Å². The number of carbonyl (C=O) groups is 1. The molecule has 1 heterocycles. The van der Waals surface area contributed by atoms with Crippen LogP contribution in [0.15, 0.2) is 63.7 Å². The molecule has 0 saturated carbocycles. The molecule has 0 radical (unpaired) electrons. The first-order chi connectivity index (χ1) is 11.0. The summed E-state index contributed by atoms with van der Waals surface area (Å²) in [7, 11) is 0. The van der Waals surface area contributed by atoms with Crippen molar-refractivity contribution in [2.45, 2.75) is 0 Å². The Morgan fingerprint density at radius 1 is 1.17 bits per heavy atom. The van der Waals surface area contributed by atoms with Crippen molar-refractivity contribution in [3.05, 3.63) is 79.9 Å². The Balaban J connectivity index is 1.90. The van der Waals surface area contributed by atoms with Crippen LogP contribution in [-0.4, -0.2) is 16.8 Å². The zero-order valence-electron chi connectivity index (χ0n) is 11.6. The number of aliphatic imine (C=N–C) groups is 1. The van der Waals surface area contributed by atoms with Crippen LogP contribution in [0, 0.1) is 10.1 Å². The molecule has 0 aromatic heterocycles. The summed E-state index contributed by atoms with van der Waals surface area (Å²) in [5.41, 5.74) is 1.44. The first-order valence-electron chi connectivity index (χ1n) is 6.56.